The van der Waals surface area contributed by atoms with Crippen molar-refractivity contribution in [2.75, 3.05) is 19.7 Å². The average molecular weight is 312 g/mol. The van der Waals surface area contributed by atoms with Crippen LogP contribution in [-0.4, -0.2) is 47.6 Å². The summed E-state index contributed by atoms with van der Waals surface area (Å²) in [5.74, 6) is -0.243. The average Bonchev–Trinajstić information content (AvgIpc) is 2.48. The molecule has 1 aromatic heterocycles. The Morgan fingerprint density at radius 3 is 2.81 bits per heavy atom. The van der Waals surface area contributed by atoms with Crippen LogP contribution in [0.15, 0.2) is 18.3 Å². The Balaban J connectivity index is 1.83. The number of nitrogens with one attached hydrogen (secondary N) is 1. The number of hydrogen-bond donors (Lipinski definition) is 1. The zero-order valence-corrected chi connectivity index (χ0v) is 12.6. The van der Waals surface area contributed by atoms with Gasteiger partial charge in [0.25, 0.3) is 5.91 Å². The number of ether oxygens (including phenoxy) is 1. The van der Waals surface area contributed by atoms with Crippen LogP contribution in [0, 0.1) is 0 Å². The topological polar surface area (TPSA) is 71.5 Å². The largest absolute Gasteiger partial charge is 0.450 e. The molecular weight excluding hydrogens is 294 g/mol. The van der Waals surface area contributed by atoms with Crippen molar-refractivity contribution in [2.45, 2.75) is 25.8 Å². The van der Waals surface area contributed by atoms with Gasteiger partial charge in [0.2, 0.25) is 0 Å². The monoisotopic (exact) mass is 311 g/mol. The molecule has 0 spiro atoms. The van der Waals surface area contributed by atoms with Crippen LogP contribution in [0.25, 0.3) is 0 Å². The molecule has 1 aliphatic heterocycles. The number of piperidine rings is 1. The van der Waals surface area contributed by atoms with Gasteiger partial charge in [0, 0.05) is 30.4 Å². The molecule has 114 valence electrons. The van der Waals surface area contributed by atoms with Crippen molar-refractivity contribution in [3.8, 4) is 0 Å². The second-order valence-electron chi connectivity index (χ2n) is 4.79. The molecule has 0 aliphatic carbocycles. The molecule has 0 radical (unpaired) electrons. The van der Waals surface area contributed by atoms with Gasteiger partial charge in [-0.1, -0.05) is 11.6 Å². The molecular formula is C14H18ClN3O3. The predicted molar refractivity (Wildman–Crippen MR) is 78.3 cm³/mol. The second-order valence-corrected chi connectivity index (χ2v) is 5.23. The zero-order valence-electron chi connectivity index (χ0n) is 11.8. The summed E-state index contributed by atoms with van der Waals surface area (Å²) in [5.41, 5.74) is 0.301. The Kier molecular flexibility index (Phi) is 5.38. The standard InChI is InChI=1S/C14H18ClN3O3/c1-2-21-14(20)18-7-4-11(5-8-18)17-13(19)12-9-10(15)3-6-16-12/h3,6,9,11H,2,4-5,7-8H2,1H3,(H,17,19). The fraction of sp³-hybridized carbons (Fsp3) is 0.500. The van der Waals surface area contributed by atoms with Crippen molar-refractivity contribution < 1.29 is 14.3 Å². The van der Waals surface area contributed by atoms with Crippen LogP contribution < -0.4 is 5.32 Å². The fourth-order valence-electron chi connectivity index (χ4n) is 2.21. The molecule has 21 heavy (non-hydrogen) atoms. The minimum Gasteiger partial charge on any atom is -0.450 e. The van der Waals surface area contributed by atoms with Crippen LogP contribution in [0.5, 0.6) is 0 Å². The number of hydrogen-bond acceptors (Lipinski definition) is 4. The van der Waals surface area contributed by atoms with E-state index in [-0.39, 0.29) is 18.0 Å². The number of nitrogens with zero attached hydrogens (tertiary/aromatic N) is 2. The van der Waals surface area contributed by atoms with E-state index in [4.69, 9.17) is 16.3 Å². The summed E-state index contributed by atoms with van der Waals surface area (Å²) in [6, 6.07) is 3.19. The van der Waals surface area contributed by atoms with Crippen molar-refractivity contribution in [3.05, 3.63) is 29.0 Å². The lowest BCUT2D eigenvalue weighted by Crippen LogP contribution is -2.46. The fourth-order valence-corrected chi connectivity index (χ4v) is 2.37. The lowest BCUT2D eigenvalue weighted by molar-refractivity contribution is 0.0856. The van der Waals surface area contributed by atoms with Crippen LogP contribution in [0.4, 0.5) is 4.79 Å². The van der Waals surface area contributed by atoms with Gasteiger partial charge in [0.1, 0.15) is 5.69 Å². The van der Waals surface area contributed by atoms with Crippen LogP contribution in [0.3, 0.4) is 0 Å². The number of carbonyl (C=O) groups is 2. The van der Waals surface area contributed by atoms with Crippen LogP contribution in [0.1, 0.15) is 30.3 Å². The summed E-state index contributed by atoms with van der Waals surface area (Å²) in [6.07, 6.45) is 2.61. The first-order valence-corrected chi connectivity index (χ1v) is 7.32. The highest BCUT2D eigenvalue weighted by molar-refractivity contribution is 6.30. The molecule has 1 N–H and O–H groups in total. The summed E-state index contributed by atoms with van der Waals surface area (Å²) in [6.45, 7) is 3.30. The summed E-state index contributed by atoms with van der Waals surface area (Å²) in [5, 5.41) is 3.39. The number of amides is 2. The first-order chi connectivity index (χ1) is 10.1. The van der Waals surface area contributed by atoms with Gasteiger partial charge in [0.15, 0.2) is 0 Å². The van der Waals surface area contributed by atoms with Gasteiger partial charge < -0.3 is 15.0 Å². The van der Waals surface area contributed by atoms with Gasteiger partial charge in [-0.3, -0.25) is 9.78 Å². The van der Waals surface area contributed by atoms with Crippen molar-refractivity contribution >= 4 is 23.6 Å². The summed E-state index contributed by atoms with van der Waals surface area (Å²) < 4.78 is 4.96. The Bertz CT molecular complexity index is 516. The second kappa shape index (κ2) is 7.26. The minimum atomic E-state index is -0.293. The lowest BCUT2D eigenvalue weighted by Gasteiger charge is -2.31. The SMILES string of the molecule is CCOC(=O)N1CCC(NC(=O)c2cc(Cl)ccn2)CC1. The van der Waals surface area contributed by atoms with E-state index in [9.17, 15) is 9.59 Å². The molecule has 0 aromatic carbocycles. The van der Waals surface area contributed by atoms with Gasteiger partial charge in [-0.2, -0.15) is 0 Å². The summed E-state index contributed by atoms with van der Waals surface area (Å²) in [4.78, 5) is 29.3. The van der Waals surface area contributed by atoms with E-state index in [2.05, 4.69) is 10.3 Å². The van der Waals surface area contributed by atoms with E-state index in [1.807, 2.05) is 0 Å². The van der Waals surface area contributed by atoms with Gasteiger partial charge >= 0.3 is 6.09 Å². The maximum absolute atomic E-state index is 12.0. The third-order valence-electron chi connectivity index (χ3n) is 3.31. The molecule has 1 aliphatic rings. The molecule has 7 heteroatoms. The molecule has 2 amide bonds. The number of likely N-dealkylation sites (tertiary alicyclic amines) is 1. The third kappa shape index (κ3) is 4.32. The van der Waals surface area contributed by atoms with E-state index >= 15 is 0 Å². The van der Waals surface area contributed by atoms with Crippen molar-refractivity contribution in [3.63, 3.8) is 0 Å². The Morgan fingerprint density at radius 2 is 2.19 bits per heavy atom. The molecule has 0 saturated carbocycles. The molecule has 1 aromatic rings. The molecule has 2 rings (SSSR count). The molecule has 1 saturated heterocycles. The summed E-state index contributed by atoms with van der Waals surface area (Å²) >= 11 is 5.84. The first kappa shape index (κ1) is 15.6. The van der Waals surface area contributed by atoms with Crippen molar-refractivity contribution in [1.82, 2.24) is 15.2 Å². The molecule has 0 bridgehead atoms. The third-order valence-corrected chi connectivity index (χ3v) is 3.55. The van der Waals surface area contributed by atoms with Crippen LogP contribution >= 0.6 is 11.6 Å². The highest BCUT2D eigenvalue weighted by atomic mass is 35.5. The highest BCUT2D eigenvalue weighted by Crippen LogP contribution is 2.13. The quantitative estimate of drug-likeness (QED) is 0.927. The van der Waals surface area contributed by atoms with E-state index in [1.165, 1.54) is 12.3 Å². The number of halogens is 1. The van der Waals surface area contributed by atoms with E-state index < -0.39 is 0 Å². The molecule has 2 heterocycles. The Morgan fingerprint density at radius 1 is 1.48 bits per heavy atom. The number of rotatable bonds is 3. The van der Waals surface area contributed by atoms with Gasteiger partial charge in [-0.15, -0.1) is 0 Å². The van der Waals surface area contributed by atoms with Gasteiger partial charge in [-0.25, -0.2) is 4.79 Å². The predicted octanol–water partition coefficient (Wildman–Crippen LogP) is 2.09. The Hall–Kier alpha value is -1.82. The molecule has 0 unspecified atom stereocenters. The lowest BCUT2D eigenvalue weighted by atomic mass is 10.1. The smallest absolute Gasteiger partial charge is 0.409 e. The van der Waals surface area contributed by atoms with E-state index in [1.54, 1.807) is 17.9 Å². The molecule has 1 fully saturated rings. The molecule has 6 nitrogen and oxygen atoms in total. The van der Waals surface area contributed by atoms with E-state index in [0.717, 1.165) is 0 Å². The zero-order chi connectivity index (χ0) is 15.2. The van der Waals surface area contributed by atoms with Crippen molar-refractivity contribution in [2.24, 2.45) is 0 Å². The molecule has 0 atom stereocenters. The normalized spacial score (nSPS) is 15.6. The van der Waals surface area contributed by atoms with Crippen LogP contribution in [0.2, 0.25) is 5.02 Å². The first-order valence-electron chi connectivity index (χ1n) is 6.94. The maximum atomic E-state index is 12.0. The number of aromatic nitrogens is 1. The summed E-state index contributed by atoms with van der Waals surface area (Å²) in [7, 11) is 0. The highest BCUT2D eigenvalue weighted by Gasteiger charge is 2.25. The Labute approximate surface area is 128 Å². The van der Waals surface area contributed by atoms with Gasteiger partial charge in [0.05, 0.1) is 6.61 Å². The van der Waals surface area contributed by atoms with Crippen LogP contribution in [-0.2, 0) is 4.74 Å². The number of carbonyl (C=O) groups excluding carboxylic acids is 2. The van der Waals surface area contributed by atoms with Gasteiger partial charge in [-0.05, 0) is 31.9 Å². The van der Waals surface area contributed by atoms with Crippen molar-refractivity contribution in [1.29, 1.82) is 0 Å². The minimum absolute atomic E-state index is 0.0314. The maximum Gasteiger partial charge on any atom is 0.409 e. The van der Waals surface area contributed by atoms with E-state index in [0.29, 0.717) is 43.3 Å². The number of pyridine rings is 1.